The lowest BCUT2D eigenvalue weighted by Gasteiger charge is -2.17. The van der Waals surface area contributed by atoms with Gasteiger partial charge in [0.25, 0.3) is 0 Å². The lowest BCUT2D eigenvalue weighted by molar-refractivity contribution is -0.143. The number of ether oxygens (including phenoxy) is 1. The summed E-state index contributed by atoms with van der Waals surface area (Å²) in [6.07, 6.45) is -8.09. The Hall–Kier alpha value is -4.23. The Morgan fingerprint density at radius 3 is 2.12 bits per heavy atom. The van der Waals surface area contributed by atoms with Crippen LogP contribution in [-0.4, -0.2) is 60.2 Å². The third-order valence-corrected chi connectivity index (χ3v) is 5.81. The lowest BCUT2D eigenvalue weighted by atomic mass is 9.98. The topological polar surface area (TPSA) is 89.7 Å². The molecule has 0 atom stereocenters. The molecule has 0 aliphatic carbocycles. The fourth-order valence-electron chi connectivity index (χ4n) is 3.87. The van der Waals surface area contributed by atoms with Crippen LogP contribution in [0, 0.1) is 0 Å². The van der Waals surface area contributed by atoms with E-state index in [1.54, 1.807) is 0 Å². The highest BCUT2D eigenvalue weighted by atomic mass is 19.4. The Morgan fingerprint density at radius 1 is 0.929 bits per heavy atom. The molecule has 0 amide bonds. The highest BCUT2D eigenvalue weighted by Gasteiger charge is 2.36. The van der Waals surface area contributed by atoms with Gasteiger partial charge < -0.3 is 20.1 Å². The summed E-state index contributed by atoms with van der Waals surface area (Å²) in [6, 6.07) is 15.1. The lowest BCUT2D eigenvalue weighted by Crippen LogP contribution is -2.20. The molecule has 0 radical (unpaired) electrons. The van der Waals surface area contributed by atoms with E-state index in [-0.39, 0.29) is 29.9 Å². The first-order valence-electron chi connectivity index (χ1n) is 12.4. The first kappa shape index (κ1) is 32.3. The predicted molar refractivity (Wildman–Crippen MR) is 145 cm³/mol. The number of hydrogen-bond donors (Lipinski definition) is 1. The fraction of sp³-hybridized carbons (Fsp3) is 0.276. The van der Waals surface area contributed by atoms with E-state index >= 15 is 0 Å². The number of hydrogen-bond acceptors (Lipinski definition) is 5. The molecular weight excluding hydrogens is 566 g/mol. The summed E-state index contributed by atoms with van der Waals surface area (Å²) in [5.41, 5.74) is -1.54. The molecule has 0 saturated carbocycles. The minimum atomic E-state index is -4.80. The Balaban J connectivity index is 0.000000250. The van der Waals surface area contributed by atoms with E-state index < -0.39 is 29.4 Å². The van der Waals surface area contributed by atoms with Crippen molar-refractivity contribution in [3.63, 3.8) is 0 Å². The molecule has 4 aromatic rings. The molecule has 0 aliphatic heterocycles. The van der Waals surface area contributed by atoms with Crippen LogP contribution in [0.3, 0.4) is 0 Å². The van der Waals surface area contributed by atoms with Crippen LogP contribution in [0.5, 0.6) is 6.01 Å². The number of rotatable bonds is 8. The number of fused-ring (bicyclic) bond motifs is 1. The standard InChI is InChI=1S/C19H19N3O3.C10H8F6N/c1-22(2)10-11-25-19-20-12-16(17(21-19)18(23)24)15-9-5-7-13-6-3-4-8-14(13)15;1-17-5-6-2-7(9(11,12)13)4-8(3-6)10(14,15)16/h3-9,12H,10-11H2,1-2H3,(H,23,24);2-4H,5H2,1H3/q;-1. The molecule has 0 unspecified atom stereocenters. The minimum Gasteiger partial charge on any atom is -0.661 e. The normalized spacial score (nSPS) is 11.8. The molecule has 4 rings (SSSR count). The largest absolute Gasteiger partial charge is 0.661 e. The molecule has 0 saturated heterocycles. The first-order chi connectivity index (χ1) is 19.7. The number of aromatic nitrogens is 2. The summed E-state index contributed by atoms with van der Waals surface area (Å²) in [4.78, 5) is 22.0. The molecule has 3 aromatic carbocycles. The smallest absolute Gasteiger partial charge is 0.416 e. The first-order valence-corrected chi connectivity index (χ1v) is 12.4. The van der Waals surface area contributed by atoms with Gasteiger partial charge in [0.2, 0.25) is 0 Å². The van der Waals surface area contributed by atoms with Gasteiger partial charge >= 0.3 is 24.3 Å². The van der Waals surface area contributed by atoms with Crippen LogP contribution < -0.4 is 4.74 Å². The monoisotopic (exact) mass is 593 g/mol. The van der Waals surface area contributed by atoms with Crippen LogP contribution in [0.1, 0.15) is 27.2 Å². The van der Waals surface area contributed by atoms with Crippen molar-refractivity contribution in [3.8, 4) is 17.1 Å². The van der Waals surface area contributed by atoms with Crippen molar-refractivity contribution in [2.45, 2.75) is 18.9 Å². The molecular formula is C29H27F6N4O3-. The SMILES string of the molecule is CN(C)CCOc1ncc(-c2cccc3ccccc23)c(C(=O)O)n1.C[N-]Cc1cc(C(F)(F)F)cc(C(F)(F)F)c1. The predicted octanol–water partition coefficient (Wildman–Crippen LogP) is 7.16. The third kappa shape index (κ3) is 8.63. The highest BCUT2D eigenvalue weighted by Crippen LogP contribution is 2.36. The molecule has 1 heterocycles. The number of carboxylic acid groups (broad SMARTS) is 1. The number of aromatic carboxylic acids is 1. The molecule has 7 nitrogen and oxygen atoms in total. The molecule has 0 aliphatic rings. The second-order valence-corrected chi connectivity index (χ2v) is 9.29. The van der Waals surface area contributed by atoms with Gasteiger partial charge in [-0.25, -0.2) is 9.78 Å². The van der Waals surface area contributed by atoms with Crippen molar-refractivity contribution in [1.82, 2.24) is 14.9 Å². The number of benzene rings is 3. The van der Waals surface area contributed by atoms with Gasteiger partial charge in [0.15, 0.2) is 5.69 Å². The van der Waals surface area contributed by atoms with E-state index in [4.69, 9.17) is 4.74 Å². The van der Waals surface area contributed by atoms with Gasteiger partial charge in [-0.1, -0.05) is 48.0 Å². The summed E-state index contributed by atoms with van der Waals surface area (Å²) < 4.78 is 79.7. The van der Waals surface area contributed by atoms with Gasteiger partial charge in [0.05, 0.1) is 11.1 Å². The fourth-order valence-corrected chi connectivity index (χ4v) is 3.87. The zero-order valence-electron chi connectivity index (χ0n) is 22.8. The van der Waals surface area contributed by atoms with Crippen LogP contribution >= 0.6 is 0 Å². The van der Waals surface area contributed by atoms with Gasteiger partial charge in [0.1, 0.15) is 6.61 Å². The number of nitrogens with zero attached hydrogens (tertiary/aromatic N) is 4. The highest BCUT2D eigenvalue weighted by molar-refractivity contribution is 6.02. The van der Waals surface area contributed by atoms with Crippen molar-refractivity contribution >= 4 is 16.7 Å². The van der Waals surface area contributed by atoms with E-state index in [0.29, 0.717) is 30.8 Å². The summed E-state index contributed by atoms with van der Waals surface area (Å²) >= 11 is 0. The molecule has 1 aromatic heterocycles. The molecule has 13 heteroatoms. The molecule has 42 heavy (non-hydrogen) atoms. The van der Waals surface area contributed by atoms with Gasteiger partial charge in [-0.2, -0.15) is 38.4 Å². The zero-order valence-corrected chi connectivity index (χ0v) is 22.8. The van der Waals surface area contributed by atoms with Gasteiger partial charge in [0, 0.05) is 18.3 Å². The summed E-state index contributed by atoms with van der Waals surface area (Å²) in [6.45, 7) is 0.892. The number of alkyl halides is 6. The molecule has 0 spiro atoms. The summed E-state index contributed by atoms with van der Waals surface area (Å²) in [5, 5.41) is 15.1. The van der Waals surface area contributed by atoms with E-state index in [2.05, 4.69) is 15.3 Å². The third-order valence-electron chi connectivity index (χ3n) is 5.81. The quantitative estimate of drug-likeness (QED) is 0.218. The number of carboxylic acids is 1. The van der Waals surface area contributed by atoms with Crippen LogP contribution in [0.4, 0.5) is 26.3 Å². The van der Waals surface area contributed by atoms with Gasteiger partial charge in [-0.05, 0) is 48.6 Å². The maximum Gasteiger partial charge on any atom is 0.416 e. The maximum atomic E-state index is 12.4. The Labute approximate surface area is 237 Å². The van der Waals surface area contributed by atoms with Crippen molar-refractivity contribution < 1.29 is 41.0 Å². The second-order valence-electron chi connectivity index (χ2n) is 9.29. The van der Waals surface area contributed by atoms with Crippen molar-refractivity contribution in [3.05, 3.63) is 94.6 Å². The van der Waals surface area contributed by atoms with E-state index in [0.717, 1.165) is 16.3 Å². The number of carbonyl (C=O) groups is 1. The van der Waals surface area contributed by atoms with E-state index in [9.17, 15) is 36.2 Å². The Morgan fingerprint density at radius 2 is 1.55 bits per heavy atom. The Bertz CT molecular complexity index is 1490. The molecule has 0 bridgehead atoms. The van der Waals surface area contributed by atoms with Crippen molar-refractivity contribution in [1.29, 1.82) is 0 Å². The number of likely N-dealkylation sites (N-methyl/N-ethyl adjacent to an activating group) is 1. The summed E-state index contributed by atoms with van der Waals surface area (Å²) in [7, 11) is 5.17. The van der Waals surface area contributed by atoms with Crippen LogP contribution in [0.2, 0.25) is 0 Å². The van der Waals surface area contributed by atoms with Crippen molar-refractivity contribution in [2.24, 2.45) is 0 Å². The maximum absolute atomic E-state index is 12.4. The summed E-state index contributed by atoms with van der Waals surface area (Å²) in [5.74, 6) is -1.11. The second kappa shape index (κ2) is 13.6. The number of halogens is 6. The zero-order chi connectivity index (χ0) is 31.1. The van der Waals surface area contributed by atoms with Gasteiger partial charge in [-0.15, -0.1) is 6.54 Å². The minimum absolute atomic E-state index is 0.0637. The van der Waals surface area contributed by atoms with E-state index in [1.165, 1.54) is 13.2 Å². The van der Waals surface area contributed by atoms with Crippen LogP contribution in [0.25, 0.3) is 27.2 Å². The Kier molecular flexibility index (Phi) is 10.5. The van der Waals surface area contributed by atoms with Crippen LogP contribution in [0.15, 0.2) is 66.9 Å². The van der Waals surface area contributed by atoms with Gasteiger partial charge in [-0.3, -0.25) is 0 Å². The average molecular weight is 594 g/mol. The molecule has 224 valence electrons. The van der Waals surface area contributed by atoms with Crippen molar-refractivity contribution in [2.75, 3.05) is 34.3 Å². The molecule has 1 N–H and O–H groups in total. The van der Waals surface area contributed by atoms with Crippen LogP contribution in [-0.2, 0) is 18.9 Å². The van der Waals surface area contributed by atoms with E-state index in [1.807, 2.05) is 61.5 Å². The molecule has 0 fully saturated rings. The average Bonchev–Trinajstić information content (AvgIpc) is 2.92.